The molecule has 0 amide bonds. The predicted octanol–water partition coefficient (Wildman–Crippen LogP) is 2.27. The average Bonchev–Trinajstić information content (AvgIpc) is 2.88. The van der Waals surface area contributed by atoms with Crippen molar-refractivity contribution in [2.45, 2.75) is 17.7 Å². The highest BCUT2D eigenvalue weighted by Gasteiger charge is 2.34. The van der Waals surface area contributed by atoms with E-state index in [4.69, 9.17) is 4.74 Å². The second-order valence-corrected chi connectivity index (χ2v) is 5.28. The summed E-state index contributed by atoms with van der Waals surface area (Å²) in [6, 6.07) is 8.46. The van der Waals surface area contributed by atoms with Crippen LogP contribution < -0.4 is 5.32 Å². The van der Waals surface area contributed by atoms with Crippen molar-refractivity contribution in [3.05, 3.63) is 29.8 Å². The summed E-state index contributed by atoms with van der Waals surface area (Å²) >= 11 is 1.73. The minimum Gasteiger partial charge on any atom is -0.466 e. The van der Waals surface area contributed by atoms with Gasteiger partial charge in [-0.15, -0.1) is 11.8 Å². The lowest BCUT2D eigenvalue weighted by atomic mass is 9.89. The zero-order chi connectivity index (χ0) is 13.0. The van der Waals surface area contributed by atoms with E-state index in [1.807, 2.05) is 6.92 Å². The number of ether oxygens (including phenoxy) is 1. The molecule has 0 aromatic heterocycles. The second kappa shape index (κ2) is 6.25. The molecular weight excluding hydrogens is 246 g/mol. The van der Waals surface area contributed by atoms with Crippen LogP contribution in [0.1, 0.15) is 18.4 Å². The molecule has 1 aliphatic rings. The van der Waals surface area contributed by atoms with Crippen LogP contribution in [0.2, 0.25) is 0 Å². The monoisotopic (exact) mass is 265 g/mol. The van der Waals surface area contributed by atoms with E-state index in [1.54, 1.807) is 11.8 Å². The Morgan fingerprint density at radius 3 is 2.72 bits per heavy atom. The van der Waals surface area contributed by atoms with Gasteiger partial charge in [-0.3, -0.25) is 4.79 Å². The molecule has 4 heteroatoms. The molecule has 1 aromatic carbocycles. The summed E-state index contributed by atoms with van der Waals surface area (Å²) in [6.45, 7) is 3.87. The van der Waals surface area contributed by atoms with Gasteiger partial charge in [0.05, 0.1) is 12.5 Å². The highest BCUT2D eigenvalue weighted by Crippen LogP contribution is 2.30. The second-order valence-electron chi connectivity index (χ2n) is 4.40. The first-order chi connectivity index (χ1) is 8.76. The van der Waals surface area contributed by atoms with Crippen LogP contribution in [0.4, 0.5) is 0 Å². The molecular formula is C14H19NO2S. The molecule has 1 heterocycles. The Labute approximate surface area is 112 Å². The molecule has 1 fully saturated rings. The normalized spacial score (nSPS) is 23.0. The third kappa shape index (κ3) is 2.87. The molecule has 1 N–H and O–H groups in total. The molecule has 0 spiro atoms. The number of benzene rings is 1. The number of carbonyl (C=O) groups excluding carboxylic acids is 1. The third-order valence-corrected chi connectivity index (χ3v) is 4.09. The lowest BCUT2D eigenvalue weighted by Crippen LogP contribution is -2.24. The molecule has 0 bridgehead atoms. The first-order valence-electron chi connectivity index (χ1n) is 6.27. The molecule has 2 atom stereocenters. The van der Waals surface area contributed by atoms with Crippen molar-refractivity contribution in [3.8, 4) is 0 Å². The maximum absolute atomic E-state index is 11.9. The van der Waals surface area contributed by atoms with Crippen molar-refractivity contribution in [1.29, 1.82) is 0 Å². The SMILES string of the molecule is CCOC(=O)C1CNCC1c1ccc(SC)cc1. The summed E-state index contributed by atoms with van der Waals surface area (Å²) in [5.41, 5.74) is 1.22. The fourth-order valence-corrected chi connectivity index (χ4v) is 2.79. The van der Waals surface area contributed by atoms with Crippen molar-refractivity contribution in [1.82, 2.24) is 5.32 Å². The van der Waals surface area contributed by atoms with Crippen molar-refractivity contribution in [2.75, 3.05) is 26.0 Å². The Bertz CT molecular complexity index is 405. The van der Waals surface area contributed by atoms with Gasteiger partial charge in [0.2, 0.25) is 0 Å². The standard InChI is InChI=1S/C14H19NO2S/c1-3-17-14(16)13-9-15-8-12(13)10-4-6-11(18-2)7-5-10/h4-7,12-13,15H,3,8-9H2,1-2H3. The predicted molar refractivity (Wildman–Crippen MR) is 74.0 cm³/mol. The Kier molecular flexibility index (Phi) is 4.66. The molecule has 1 aliphatic heterocycles. The van der Waals surface area contributed by atoms with Crippen LogP contribution in [0.15, 0.2) is 29.2 Å². The van der Waals surface area contributed by atoms with E-state index >= 15 is 0 Å². The largest absolute Gasteiger partial charge is 0.466 e. The molecule has 2 unspecified atom stereocenters. The number of hydrogen-bond acceptors (Lipinski definition) is 4. The van der Waals surface area contributed by atoms with Crippen molar-refractivity contribution >= 4 is 17.7 Å². The van der Waals surface area contributed by atoms with Gasteiger partial charge in [-0.2, -0.15) is 0 Å². The van der Waals surface area contributed by atoms with E-state index in [0.717, 1.165) is 6.54 Å². The maximum atomic E-state index is 11.9. The molecule has 0 aliphatic carbocycles. The Morgan fingerprint density at radius 1 is 1.39 bits per heavy atom. The first-order valence-corrected chi connectivity index (χ1v) is 7.50. The number of carbonyl (C=O) groups is 1. The summed E-state index contributed by atoms with van der Waals surface area (Å²) in [5, 5.41) is 3.28. The smallest absolute Gasteiger partial charge is 0.310 e. The summed E-state index contributed by atoms with van der Waals surface area (Å²) in [6.07, 6.45) is 2.06. The van der Waals surface area contributed by atoms with Crippen LogP contribution in [0.5, 0.6) is 0 Å². The molecule has 2 rings (SSSR count). The Balaban J connectivity index is 2.12. The zero-order valence-electron chi connectivity index (χ0n) is 10.8. The minimum atomic E-state index is -0.0820. The molecule has 18 heavy (non-hydrogen) atoms. The van der Waals surface area contributed by atoms with Crippen LogP contribution in [0.25, 0.3) is 0 Å². The first kappa shape index (κ1) is 13.4. The van der Waals surface area contributed by atoms with Crippen LogP contribution in [-0.4, -0.2) is 31.9 Å². The minimum absolute atomic E-state index is 0.0509. The van der Waals surface area contributed by atoms with Gasteiger partial charge in [0.25, 0.3) is 0 Å². The highest BCUT2D eigenvalue weighted by molar-refractivity contribution is 7.98. The van der Waals surface area contributed by atoms with E-state index in [-0.39, 0.29) is 17.8 Å². The van der Waals surface area contributed by atoms with Gasteiger partial charge in [-0.25, -0.2) is 0 Å². The van der Waals surface area contributed by atoms with Crippen molar-refractivity contribution in [2.24, 2.45) is 5.92 Å². The van der Waals surface area contributed by atoms with Crippen LogP contribution in [-0.2, 0) is 9.53 Å². The van der Waals surface area contributed by atoms with Gasteiger partial charge in [0.1, 0.15) is 0 Å². The number of hydrogen-bond donors (Lipinski definition) is 1. The number of thioether (sulfide) groups is 1. The summed E-state index contributed by atoms with van der Waals surface area (Å²) in [4.78, 5) is 13.1. The van der Waals surface area contributed by atoms with Crippen LogP contribution in [0, 0.1) is 5.92 Å². The van der Waals surface area contributed by atoms with Gasteiger partial charge < -0.3 is 10.1 Å². The third-order valence-electron chi connectivity index (χ3n) is 3.35. The molecule has 3 nitrogen and oxygen atoms in total. The number of esters is 1. The van der Waals surface area contributed by atoms with Gasteiger partial charge in [0, 0.05) is 23.9 Å². The van der Waals surface area contributed by atoms with Crippen LogP contribution in [0.3, 0.4) is 0 Å². The lowest BCUT2D eigenvalue weighted by molar-refractivity contribution is -0.147. The fraction of sp³-hybridized carbons (Fsp3) is 0.500. The van der Waals surface area contributed by atoms with Gasteiger partial charge in [-0.05, 0) is 30.9 Å². The number of rotatable bonds is 4. The molecule has 0 saturated carbocycles. The van der Waals surface area contributed by atoms with Crippen molar-refractivity contribution < 1.29 is 9.53 Å². The van der Waals surface area contributed by atoms with E-state index < -0.39 is 0 Å². The van der Waals surface area contributed by atoms with E-state index in [9.17, 15) is 4.79 Å². The average molecular weight is 265 g/mol. The van der Waals surface area contributed by atoms with E-state index in [1.165, 1.54) is 10.5 Å². The quantitative estimate of drug-likeness (QED) is 0.669. The van der Waals surface area contributed by atoms with Gasteiger partial charge in [-0.1, -0.05) is 12.1 Å². The lowest BCUT2D eigenvalue weighted by Gasteiger charge is -2.17. The maximum Gasteiger partial charge on any atom is 0.310 e. The topological polar surface area (TPSA) is 38.3 Å². The highest BCUT2D eigenvalue weighted by atomic mass is 32.2. The number of nitrogens with one attached hydrogen (secondary N) is 1. The molecule has 0 radical (unpaired) electrons. The van der Waals surface area contributed by atoms with Crippen LogP contribution >= 0.6 is 11.8 Å². The van der Waals surface area contributed by atoms with Crippen molar-refractivity contribution in [3.63, 3.8) is 0 Å². The molecule has 1 saturated heterocycles. The van der Waals surface area contributed by atoms with E-state index in [0.29, 0.717) is 13.2 Å². The Hall–Kier alpha value is -1.00. The summed E-state index contributed by atoms with van der Waals surface area (Å²) in [7, 11) is 0. The molecule has 1 aromatic rings. The summed E-state index contributed by atoms with van der Waals surface area (Å²) < 4.78 is 5.14. The fourth-order valence-electron chi connectivity index (χ4n) is 2.38. The Morgan fingerprint density at radius 2 is 2.11 bits per heavy atom. The summed E-state index contributed by atoms with van der Waals surface area (Å²) in [5.74, 6) is 0.103. The van der Waals surface area contributed by atoms with Gasteiger partial charge >= 0.3 is 5.97 Å². The zero-order valence-corrected chi connectivity index (χ0v) is 11.6. The molecule has 98 valence electrons. The van der Waals surface area contributed by atoms with Gasteiger partial charge in [0.15, 0.2) is 0 Å². The van der Waals surface area contributed by atoms with E-state index in [2.05, 4.69) is 35.8 Å².